The fraction of sp³-hybridized carbons (Fsp3) is 0.500. The first kappa shape index (κ1) is 12.1. The molecule has 4 nitrogen and oxygen atoms in total. The van der Waals surface area contributed by atoms with Gasteiger partial charge in [0.2, 0.25) is 0 Å². The van der Waals surface area contributed by atoms with Gasteiger partial charge in [-0.25, -0.2) is 4.98 Å². The van der Waals surface area contributed by atoms with Crippen molar-refractivity contribution >= 4 is 23.1 Å². The van der Waals surface area contributed by atoms with Crippen molar-refractivity contribution in [2.75, 3.05) is 24.2 Å². The van der Waals surface area contributed by atoms with Crippen molar-refractivity contribution in [1.29, 1.82) is 0 Å². The van der Waals surface area contributed by atoms with Crippen molar-refractivity contribution in [3.63, 3.8) is 0 Å². The van der Waals surface area contributed by atoms with Crippen LogP contribution in [-0.4, -0.2) is 29.3 Å². The van der Waals surface area contributed by atoms with Gasteiger partial charge in [-0.3, -0.25) is 0 Å². The number of nitrogens with two attached hydrogens (primary N) is 1. The van der Waals surface area contributed by atoms with E-state index in [0.717, 1.165) is 0 Å². The summed E-state index contributed by atoms with van der Waals surface area (Å²) in [5, 5.41) is 10.1. The second-order valence-electron chi connectivity index (χ2n) is 4.22. The third-order valence-corrected chi connectivity index (χ3v) is 2.07. The molecule has 0 bridgehead atoms. The van der Waals surface area contributed by atoms with Gasteiger partial charge in [-0.15, -0.1) is 0 Å². The minimum absolute atomic E-state index is 0.391. The number of likely N-dealkylation sites (N-methyl/N-ethyl adjacent to an activating group) is 1. The van der Waals surface area contributed by atoms with Gasteiger partial charge in [-0.2, -0.15) is 0 Å². The van der Waals surface area contributed by atoms with E-state index in [0.29, 0.717) is 23.2 Å². The first-order chi connectivity index (χ1) is 6.79. The van der Waals surface area contributed by atoms with Crippen molar-refractivity contribution in [2.45, 2.75) is 19.4 Å². The maximum Gasteiger partial charge on any atom is 0.153 e. The van der Waals surface area contributed by atoms with Crippen molar-refractivity contribution < 1.29 is 5.11 Å². The zero-order chi connectivity index (χ0) is 11.6. The number of hydrogen-bond donors (Lipinski definition) is 2. The monoisotopic (exact) mass is 229 g/mol. The average molecular weight is 230 g/mol. The molecule has 0 aliphatic carbocycles. The van der Waals surface area contributed by atoms with Crippen LogP contribution in [-0.2, 0) is 0 Å². The molecule has 1 aromatic heterocycles. The van der Waals surface area contributed by atoms with E-state index in [1.807, 2.05) is 7.05 Å². The molecule has 0 aromatic carbocycles. The highest BCUT2D eigenvalue weighted by molar-refractivity contribution is 6.29. The molecule has 0 aliphatic heterocycles. The van der Waals surface area contributed by atoms with E-state index in [-0.39, 0.29) is 0 Å². The Hall–Kier alpha value is -1.00. The zero-order valence-electron chi connectivity index (χ0n) is 9.16. The molecule has 0 radical (unpaired) electrons. The molecule has 0 atom stereocenters. The third kappa shape index (κ3) is 3.57. The highest BCUT2D eigenvalue weighted by Gasteiger charge is 2.18. The number of pyridine rings is 1. The SMILES string of the molecule is CN(CC(C)(C)O)c1nc(Cl)ccc1N. The molecule has 0 saturated carbocycles. The van der Waals surface area contributed by atoms with Crippen LogP contribution in [0.25, 0.3) is 0 Å². The first-order valence-corrected chi connectivity index (χ1v) is 5.03. The molecular weight excluding hydrogens is 214 g/mol. The van der Waals surface area contributed by atoms with E-state index in [4.69, 9.17) is 17.3 Å². The second-order valence-corrected chi connectivity index (χ2v) is 4.60. The zero-order valence-corrected chi connectivity index (χ0v) is 9.91. The van der Waals surface area contributed by atoms with Crippen LogP contribution in [0.4, 0.5) is 11.5 Å². The molecular formula is C10H16ClN3O. The minimum Gasteiger partial charge on any atom is -0.396 e. The first-order valence-electron chi connectivity index (χ1n) is 4.65. The van der Waals surface area contributed by atoms with Gasteiger partial charge >= 0.3 is 0 Å². The second kappa shape index (κ2) is 4.24. The Morgan fingerprint density at radius 3 is 2.67 bits per heavy atom. The largest absolute Gasteiger partial charge is 0.396 e. The maximum atomic E-state index is 9.67. The van der Waals surface area contributed by atoms with E-state index in [1.54, 1.807) is 30.9 Å². The topological polar surface area (TPSA) is 62.4 Å². The molecule has 15 heavy (non-hydrogen) atoms. The average Bonchev–Trinajstić information content (AvgIpc) is 2.06. The Labute approximate surface area is 94.7 Å². The summed E-state index contributed by atoms with van der Waals surface area (Å²) < 4.78 is 0. The van der Waals surface area contributed by atoms with E-state index in [9.17, 15) is 5.11 Å². The molecule has 0 saturated heterocycles. The molecule has 3 N–H and O–H groups in total. The third-order valence-electron chi connectivity index (χ3n) is 1.86. The lowest BCUT2D eigenvalue weighted by atomic mass is 10.1. The summed E-state index contributed by atoms with van der Waals surface area (Å²) in [5.74, 6) is 0.588. The molecule has 1 rings (SSSR count). The summed E-state index contributed by atoms with van der Waals surface area (Å²) in [6, 6.07) is 3.34. The van der Waals surface area contributed by atoms with Gasteiger partial charge in [0.15, 0.2) is 5.82 Å². The van der Waals surface area contributed by atoms with Crippen LogP contribution < -0.4 is 10.6 Å². The van der Waals surface area contributed by atoms with Gasteiger partial charge in [0.25, 0.3) is 0 Å². The quantitative estimate of drug-likeness (QED) is 0.772. The highest BCUT2D eigenvalue weighted by Crippen LogP contribution is 2.22. The van der Waals surface area contributed by atoms with Gasteiger partial charge in [0, 0.05) is 13.6 Å². The highest BCUT2D eigenvalue weighted by atomic mass is 35.5. The molecule has 5 heteroatoms. The lowest BCUT2D eigenvalue weighted by molar-refractivity contribution is 0.0885. The van der Waals surface area contributed by atoms with Crippen molar-refractivity contribution in [3.8, 4) is 0 Å². The predicted octanol–water partition coefficient (Wildman–Crippen LogP) is 1.52. The molecule has 84 valence electrons. The fourth-order valence-electron chi connectivity index (χ4n) is 1.40. The van der Waals surface area contributed by atoms with Crippen LogP contribution in [0, 0.1) is 0 Å². The van der Waals surface area contributed by atoms with Gasteiger partial charge in [-0.1, -0.05) is 11.6 Å². The van der Waals surface area contributed by atoms with Crippen molar-refractivity contribution in [2.24, 2.45) is 0 Å². The van der Waals surface area contributed by atoms with Crippen LogP contribution >= 0.6 is 11.6 Å². The maximum absolute atomic E-state index is 9.67. The van der Waals surface area contributed by atoms with Crippen molar-refractivity contribution in [1.82, 2.24) is 4.98 Å². The van der Waals surface area contributed by atoms with Gasteiger partial charge in [-0.05, 0) is 26.0 Å². The van der Waals surface area contributed by atoms with Crippen molar-refractivity contribution in [3.05, 3.63) is 17.3 Å². The number of aliphatic hydroxyl groups is 1. The minimum atomic E-state index is -0.800. The predicted molar refractivity (Wildman–Crippen MR) is 63.2 cm³/mol. The number of aromatic nitrogens is 1. The molecule has 0 unspecified atom stereocenters. The summed E-state index contributed by atoms with van der Waals surface area (Å²) in [6.07, 6.45) is 0. The standard InChI is InChI=1S/C10H16ClN3O/c1-10(2,15)6-14(3)9-7(12)4-5-8(11)13-9/h4-5,15H,6,12H2,1-3H3. The van der Waals surface area contributed by atoms with Gasteiger partial charge < -0.3 is 15.7 Å². The Kier molecular flexibility index (Phi) is 3.42. The summed E-state index contributed by atoms with van der Waals surface area (Å²) in [6.45, 7) is 3.89. The van der Waals surface area contributed by atoms with Crippen LogP contribution in [0.2, 0.25) is 5.15 Å². The number of nitrogens with zero attached hydrogens (tertiary/aromatic N) is 2. The van der Waals surface area contributed by atoms with E-state index >= 15 is 0 Å². The summed E-state index contributed by atoms with van der Waals surface area (Å²) in [5.41, 5.74) is 5.51. The number of nitrogen functional groups attached to an aromatic ring is 1. The van der Waals surface area contributed by atoms with Crippen LogP contribution in [0.1, 0.15) is 13.8 Å². The van der Waals surface area contributed by atoms with Crippen LogP contribution in [0.3, 0.4) is 0 Å². The lowest BCUT2D eigenvalue weighted by Gasteiger charge is -2.27. The Balaban J connectivity index is 2.90. The molecule has 0 aliphatic rings. The molecule has 0 spiro atoms. The normalized spacial score (nSPS) is 11.5. The Morgan fingerprint density at radius 2 is 2.13 bits per heavy atom. The molecule has 1 heterocycles. The fourth-order valence-corrected chi connectivity index (χ4v) is 1.54. The number of rotatable bonds is 3. The molecule has 0 amide bonds. The van der Waals surface area contributed by atoms with Gasteiger partial charge in [0.05, 0.1) is 11.3 Å². The lowest BCUT2D eigenvalue weighted by Crippen LogP contribution is -2.37. The van der Waals surface area contributed by atoms with Crippen LogP contribution in [0.5, 0.6) is 0 Å². The van der Waals surface area contributed by atoms with E-state index in [2.05, 4.69) is 4.98 Å². The summed E-state index contributed by atoms with van der Waals surface area (Å²) >= 11 is 5.78. The van der Waals surface area contributed by atoms with Gasteiger partial charge in [0.1, 0.15) is 5.15 Å². The number of anilines is 2. The Bertz CT molecular complexity index is 349. The smallest absolute Gasteiger partial charge is 0.153 e. The Morgan fingerprint density at radius 1 is 1.53 bits per heavy atom. The summed E-state index contributed by atoms with van der Waals surface area (Å²) in [7, 11) is 1.81. The van der Waals surface area contributed by atoms with E-state index in [1.165, 1.54) is 0 Å². The van der Waals surface area contributed by atoms with E-state index < -0.39 is 5.60 Å². The molecule has 0 fully saturated rings. The van der Waals surface area contributed by atoms with Crippen LogP contribution in [0.15, 0.2) is 12.1 Å². The number of hydrogen-bond acceptors (Lipinski definition) is 4. The summed E-state index contributed by atoms with van der Waals surface area (Å²) in [4.78, 5) is 5.89. The number of halogens is 1. The molecule has 1 aromatic rings.